The highest BCUT2D eigenvalue weighted by Gasteiger charge is 2.05. The van der Waals surface area contributed by atoms with Crippen molar-refractivity contribution in [1.82, 2.24) is 9.97 Å². The Morgan fingerprint density at radius 2 is 1.94 bits per heavy atom. The molecule has 0 fully saturated rings. The summed E-state index contributed by atoms with van der Waals surface area (Å²) < 4.78 is 1.91. The van der Waals surface area contributed by atoms with Gasteiger partial charge in [0.25, 0.3) is 0 Å². The Kier molecular flexibility index (Phi) is 4.19. The fourth-order valence-electron chi connectivity index (χ4n) is 1.43. The van der Waals surface area contributed by atoms with E-state index in [9.17, 15) is 0 Å². The molecule has 94 valence electrons. The number of anilines is 3. The highest BCUT2D eigenvalue weighted by molar-refractivity contribution is 9.10. The molecule has 1 aromatic heterocycles. The molecule has 0 bridgehead atoms. The van der Waals surface area contributed by atoms with Gasteiger partial charge >= 0.3 is 0 Å². The van der Waals surface area contributed by atoms with Crippen LogP contribution in [-0.4, -0.2) is 17.0 Å². The predicted molar refractivity (Wildman–Crippen MR) is 81.4 cm³/mol. The molecule has 0 saturated carbocycles. The Morgan fingerprint density at radius 1 is 1.17 bits per heavy atom. The van der Waals surface area contributed by atoms with E-state index < -0.39 is 0 Å². The maximum atomic E-state index is 4.35. The number of nitrogens with zero attached hydrogens (tertiary/aromatic N) is 2. The van der Waals surface area contributed by atoms with E-state index in [0.717, 1.165) is 20.5 Å². The summed E-state index contributed by atoms with van der Waals surface area (Å²) in [6.07, 6.45) is 1.72. The molecular formula is C12H12Br2N4. The number of hydrogen-bond acceptors (Lipinski definition) is 4. The SMILES string of the molecule is CNc1ncc(Br)c(Nc2ccc(Br)c(C)c2)n1. The molecule has 0 radical (unpaired) electrons. The van der Waals surface area contributed by atoms with Gasteiger partial charge in [-0.05, 0) is 46.6 Å². The van der Waals surface area contributed by atoms with E-state index >= 15 is 0 Å². The summed E-state index contributed by atoms with van der Waals surface area (Å²) in [6, 6.07) is 6.05. The second-order valence-corrected chi connectivity index (χ2v) is 5.44. The minimum atomic E-state index is 0.578. The van der Waals surface area contributed by atoms with Gasteiger partial charge in [-0.15, -0.1) is 0 Å². The quantitative estimate of drug-likeness (QED) is 0.852. The number of aryl methyl sites for hydroxylation is 1. The van der Waals surface area contributed by atoms with Crippen molar-refractivity contribution in [2.45, 2.75) is 6.92 Å². The van der Waals surface area contributed by atoms with Crippen molar-refractivity contribution in [2.75, 3.05) is 17.7 Å². The van der Waals surface area contributed by atoms with Crippen molar-refractivity contribution in [3.8, 4) is 0 Å². The van der Waals surface area contributed by atoms with Crippen LogP contribution in [0.4, 0.5) is 17.5 Å². The summed E-state index contributed by atoms with van der Waals surface area (Å²) in [5.74, 6) is 1.31. The maximum absolute atomic E-state index is 4.35. The van der Waals surface area contributed by atoms with Gasteiger partial charge in [-0.3, -0.25) is 0 Å². The van der Waals surface area contributed by atoms with E-state index in [-0.39, 0.29) is 0 Å². The molecule has 0 atom stereocenters. The molecule has 0 aliphatic heterocycles. The van der Waals surface area contributed by atoms with Crippen LogP contribution in [0, 0.1) is 6.92 Å². The molecule has 1 aromatic carbocycles. The van der Waals surface area contributed by atoms with Crippen LogP contribution in [0.1, 0.15) is 5.56 Å². The number of hydrogen-bond donors (Lipinski definition) is 2. The molecule has 0 unspecified atom stereocenters. The van der Waals surface area contributed by atoms with E-state index in [0.29, 0.717) is 5.95 Å². The van der Waals surface area contributed by atoms with Crippen molar-refractivity contribution in [3.05, 3.63) is 38.9 Å². The number of aromatic nitrogens is 2. The minimum Gasteiger partial charge on any atom is -0.357 e. The van der Waals surface area contributed by atoms with E-state index in [2.05, 4.69) is 58.5 Å². The first-order valence-corrected chi connectivity index (χ1v) is 6.92. The van der Waals surface area contributed by atoms with Crippen molar-refractivity contribution in [2.24, 2.45) is 0 Å². The first-order valence-electron chi connectivity index (χ1n) is 5.33. The first kappa shape index (κ1) is 13.3. The van der Waals surface area contributed by atoms with Crippen LogP contribution < -0.4 is 10.6 Å². The van der Waals surface area contributed by atoms with Crippen molar-refractivity contribution in [1.29, 1.82) is 0 Å². The number of nitrogens with one attached hydrogen (secondary N) is 2. The molecular weight excluding hydrogens is 360 g/mol. The van der Waals surface area contributed by atoms with E-state index in [1.165, 1.54) is 5.56 Å². The molecule has 6 heteroatoms. The highest BCUT2D eigenvalue weighted by Crippen LogP contribution is 2.26. The minimum absolute atomic E-state index is 0.578. The standard InChI is InChI=1S/C12H12Br2N4/c1-7-5-8(3-4-9(7)13)17-11-10(14)6-16-12(15-2)18-11/h3-6H,1-2H3,(H2,15,16,17,18). The van der Waals surface area contributed by atoms with Crippen LogP contribution in [0.5, 0.6) is 0 Å². The topological polar surface area (TPSA) is 49.8 Å². The third-order valence-electron chi connectivity index (χ3n) is 2.39. The van der Waals surface area contributed by atoms with E-state index in [4.69, 9.17) is 0 Å². The zero-order valence-electron chi connectivity index (χ0n) is 9.96. The van der Waals surface area contributed by atoms with Gasteiger partial charge in [0.2, 0.25) is 5.95 Å². The highest BCUT2D eigenvalue weighted by atomic mass is 79.9. The smallest absolute Gasteiger partial charge is 0.224 e. The first-order chi connectivity index (χ1) is 8.60. The Hall–Kier alpha value is -1.14. The van der Waals surface area contributed by atoms with Gasteiger partial charge in [0.15, 0.2) is 0 Å². The van der Waals surface area contributed by atoms with Crippen LogP contribution in [0.25, 0.3) is 0 Å². The van der Waals surface area contributed by atoms with Gasteiger partial charge < -0.3 is 10.6 Å². The Balaban J connectivity index is 2.30. The van der Waals surface area contributed by atoms with Crippen molar-refractivity contribution < 1.29 is 0 Å². The van der Waals surface area contributed by atoms with Gasteiger partial charge in [-0.25, -0.2) is 4.98 Å². The molecule has 2 rings (SSSR count). The average molecular weight is 372 g/mol. The average Bonchev–Trinajstić information content (AvgIpc) is 2.36. The number of halogens is 2. The van der Waals surface area contributed by atoms with E-state index in [1.807, 2.05) is 19.1 Å². The zero-order chi connectivity index (χ0) is 13.1. The third kappa shape index (κ3) is 3.00. The molecule has 1 heterocycles. The predicted octanol–water partition coefficient (Wildman–Crippen LogP) is 4.10. The fraction of sp³-hybridized carbons (Fsp3) is 0.167. The van der Waals surface area contributed by atoms with Crippen molar-refractivity contribution >= 4 is 49.3 Å². The summed E-state index contributed by atoms with van der Waals surface area (Å²) in [6.45, 7) is 2.04. The molecule has 0 aliphatic rings. The summed E-state index contributed by atoms with van der Waals surface area (Å²) >= 11 is 6.90. The van der Waals surface area contributed by atoms with Crippen LogP contribution in [0.3, 0.4) is 0 Å². The molecule has 0 amide bonds. The maximum Gasteiger partial charge on any atom is 0.224 e. The summed E-state index contributed by atoms with van der Waals surface area (Å²) in [4.78, 5) is 8.46. The van der Waals surface area contributed by atoms with Crippen LogP contribution in [0.2, 0.25) is 0 Å². The number of rotatable bonds is 3. The monoisotopic (exact) mass is 370 g/mol. The Bertz CT molecular complexity index is 572. The normalized spacial score (nSPS) is 10.2. The summed E-state index contributed by atoms with van der Waals surface area (Å²) in [7, 11) is 1.79. The lowest BCUT2D eigenvalue weighted by Gasteiger charge is -2.10. The third-order valence-corrected chi connectivity index (χ3v) is 3.86. The van der Waals surface area contributed by atoms with Crippen molar-refractivity contribution in [3.63, 3.8) is 0 Å². The molecule has 0 spiro atoms. The van der Waals surface area contributed by atoms with Gasteiger partial charge in [0.1, 0.15) is 5.82 Å². The second kappa shape index (κ2) is 5.67. The van der Waals surface area contributed by atoms with Gasteiger partial charge in [0, 0.05) is 23.4 Å². The molecule has 18 heavy (non-hydrogen) atoms. The Morgan fingerprint density at radius 3 is 2.61 bits per heavy atom. The zero-order valence-corrected chi connectivity index (χ0v) is 13.1. The molecule has 4 nitrogen and oxygen atoms in total. The second-order valence-electron chi connectivity index (χ2n) is 3.73. The lowest BCUT2D eigenvalue weighted by molar-refractivity contribution is 1.14. The van der Waals surface area contributed by atoms with Gasteiger partial charge in [0.05, 0.1) is 4.47 Å². The van der Waals surface area contributed by atoms with E-state index in [1.54, 1.807) is 13.2 Å². The molecule has 2 aromatic rings. The lowest BCUT2D eigenvalue weighted by atomic mass is 10.2. The largest absolute Gasteiger partial charge is 0.357 e. The summed E-state index contributed by atoms with van der Waals surface area (Å²) in [5, 5.41) is 6.17. The van der Waals surface area contributed by atoms with Crippen LogP contribution >= 0.6 is 31.9 Å². The molecule has 0 aliphatic carbocycles. The Labute approximate surface area is 122 Å². The van der Waals surface area contributed by atoms with Gasteiger partial charge in [-0.1, -0.05) is 15.9 Å². The van der Waals surface area contributed by atoms with Crippen LogP contribution in [-0.2, 0) is 0 Å². The van der Waals surface area contributed by atoms with Gasteiger partial charge in [-0.2, -0.15) is 4.98 Å². The molecule has 0 saturated heterocycles. The fourth-order valence-corrected chi connectivity index (χ4v) is 1.97. The number of benzene rings is 1. The van der Waals surface area contributed by atoms with Crippen LogP contribution in [0.15, 0.2) is 33.3 Å². The summed E-state index contributed by atoms with van der Waals surface area (Å²) in [5.41, 5.74) is 2.15. The molecule has 2 N–H and O–H groups in total. The lowest BCUT2D eigenvalue weighted by Crippen LogP contribution is -2.01.